The second kappa shape index (κ2) is 4.65. The van der Waals surface area contributed by atoms with Gasteiger partial charge in [-0.3, -0.25) is 0 Å². The van der Waals surface area contributed by atoms with Crippen molar-refractivity contribution in [1.82, 2.24) is 0 Å². The summed E-state index contributed by atoms with van der Waals surface area (Å²) in [7, 11) is 0. The Bertz CT molecular complexity index is 734. The van der Waals surface area contributed by atoms with Crippen LogP contribution >= 0.6 is 0 Å². The maximum absolute atomic E-state index is 9.71. The number of hydrogen-bond donors (Lipinski definition) is 2. The van der Waals surface area contributed by atoms with E-state index in [2.05, 4.69) is 29.6 Å². The van der Waals surface area contributed by atoms with E-state index in [1.165, 1.54) is 10.8 Å². The summed E-state index contributed by atoms with van der Waals surface area (Å²) < 4.78 is 0. The highest BCUT2D eigenvalue weighted by Crippen LogP contribution is 2.28. The minimum Gasteiger partial charge on any atom is -0.508 e. The number of rotatable bonds is 2. The van der Waals surface area contributed by atoms with E-state index in [1.54, 1.807) is 6.07 Å². The van der Waals surface area contributed by atoms with E-state index in [-0.39, 0.29) is 0 Å². The van der Waals surface area contributed by atoms with Crippen LogP contribution in [0.3, 0.4) is 0 Å². The molecule has 3 aromatic rings. The number of nitrogens with one attached hydrogen (secondary N) is 1. The molecule has 3 aromatic carbocycles. The normalized spacial score (nSPS) is 10.6. The first-order valence-electron chi connectivity index (χ1n) is 6.28. The summed E-state index contributed by atoms with van der Waals surface area (Å²) in [4.78, 5) is 0. The van der Waals surface area contributed by atoms with Gasteiger partial charge in [0.05, 0.1) is 0 Å². The van der Waals surface area contributed by atoms with E-state index >= 15 is 0 Å². The van der Waals surface area contributed by atoms with Crippen LogP contribution in [0.4, 0.5) is 11.4 Å². The standard InChI is InChI=1S/C17H15NO/c1-12-16(7-4-8-17(12)19)18-15-10-9-13-5-2-3-6-14(13)11-15/h2-11,18-19H,1H3. The highest BCUT2D eigenvalue weighted by atomic mass is 16.3. The summed E-state index contributed by atoms with van der Waals surface area (Å²) in [5.74, 6) is 0.311. The molecule has 0 aliphatic heterocycles. The van der Waals surface area contributed by atoms with Crippen molar-refractivity contribution in [2.75, 3.05) is 5.32 Å². The monoisotopic (exact) mass is 249 g/mol. The van der Waals surface area contributed by atoms with Crippen LogP contribution in [0.5, 0.6) is 5.75 Å². The van der Waals surface area contributed by atoms with Gasteiger partial charge >= 0.3 is 0 Å². The first kappa shape index (κ1) is 11.6. The number of benzene rings is 3. The third-order valence-corrected chi connectivity index (χ3v) is 3.33. The van der Waals surface area contributed by atoms with Crippen LogP contribution < -0.4 is 5.32 Å². The van der Waals surface area contributed by atoms with E-state index in [1.807, 2.05) is 37.3 Å². The molecule has 0 aliphatic carbocycles. The third-order valence-electron chi connectivity index (χ3n) is 3.33. The Kier molecular flexibility index (Phi) is 2.84. The van der Waals surface area contributed by atoms with Crippen molar-refractivity contribution in [3.05, 3.63) is 66.2 Å². The third kappa shape index (κ3) is 2.25. The van der Waals surface area contributed by atoms with Crippen LogP contribution in [-0.2, 0) is 0 Å². The summed E-state index contributed by atoms with van der Waals surface area (Å²) in [6.45, 7) is 1.90. The fourth-order valence-corrected chi connectivity index (χ4v) is 2.18. The van der Waals surface area contributed by atoms with Crippen LogP contribution in [0, 0.1) is 6.92 Å². The summed E-state index contributed by atoms with van der Waals surface area (Å²) >= 11 is 0. The summed E-state index contributed by atoms with van der Waals surface area (Å²) in [6, 6.07) is 20.0. The van der Waals surface area contributed by atoms with Crippen LogP contribution in [0.2, 0.25) is 0 Å². The highest BCUT2D eigenvalue weighted by molar-refractivity contribution is 5.86. The summed E-state index contributed by atoms with van der Waals surface area (Å²) in [5, 5.41) is 15.5. The fourth-order valence-electron chi connectivity index (χ4n) is 2.18. The maximum atomic E-state index is 9.71. The first-order chi connectivity index (χ1) is 9.24. The molecule has 94 valence electrons. The predicted octanol–water partition coefficient (Wildman–Crippen LogP) is 4.60. The SMILES string of the molecule is Cc1c(O)cccc1Nc1ccc2ccccc2c1. The summed E-state index contributed by atoms with van der Waals surface area (Å²) in [5.41, 5.74) is 2.80. The molecule has 0 unspecified atom stereocenters. The predicted molar refractivity (Wildman–Crippen MR) is 80.1 cm³/mol. The van der Waals surface area contributed by atoms with Crippen LogP contribution in [0.25, 0.3) is 10.8 Å². The smallest absolute Gasteiger partial charge is 0.120 e. The Labute approximate surface area is 112 Å². The van der Waals surface area contributed by atoms with E-state index < -0.39 is 0 Å². The Hall–Kier alpha value is -2.48. The molecule has 0 bridgehead atoms. The van der Waals surface area contributed by atoms with Gasteiger partial charge in [-0.15, -0.1) is 0 Å². The van der Waals surface area contributed by atoms with Crippen molar-refractivity contribution >= 4 is 22.1 Å². The molecule has 0 saturated heterocycles. The molecule has 0 aliphatic rings. The van der Waals surface area contributed by atoms with Crippen molar-refractivity contribution in [2.45, 2.75) is 6.92 Å². The van der Waals surface area contributed by atoms with E-state index in [9.17, 15) is 5.11 Å². The van der Waals surface area contributed by atoms with Gasteiger partial charge in [-0.2, -0.15) is 0 Å². The number of phenols is 1. The Balaban J connectivity index is 1.99. The van der Waals surface area contributed by atoms with E-state index in [0.29, 0.717) is 5.75 Å². The quantitative estimate of drug-likeness (QED) is 0.695. The second-order valence-corrected chi connectivity index (χ2v) is 4.64. The average molecular weight is 249 g/mol. The molecule has 2 heteroatoms. The Morgan fingerprint density at radius 2 is 1.63 bits per heavy atom. The van der Waals surface area contributed by atoms with Crippen molar-refractivity contribution in [3.8, 4) is 5.75 Å². The molecule has 19 heavy (non-hydrogen) atoms. The zero-order valence-electron chi connectivity index (χ0n) is 10.7. The lowest BCUT2D eigenvalue weighted by Gasteiger charge is -2.11. The molecule has 0 atom stereocenters. The molecule has 3 rings (SSSR count). The first-order valence-corrected chi connectivity index (χ1v) is 6.28. The van der Waals surface area contributed by atoms with Gasteiger partial charge in [0.25, 0.3) is 0 Å². The largest absolute Gasteiger partial charge is 0.508 e. The molecule has 0 fully saturated rings. The molecule has 0 heterocycles. The Morgan fingerprint density at radius 1 is 0.842 bits per heavy atom. The number of hydrogen-bond acceptors (Lipinski definition) is 2. The lowest BCUT2D eigenvalue weighted by atomic mass is 10.1. The molecular weight excluding hydrogens is 234 g/mol. The van der Waals surface area contributed by atoms with Gasteiger partial charge < -0.3 is 10.4 Å². The van der Waals surface area contributed by atoms with E-state index in [0.717, 1.165) is 16.9 Å². The zero-order valence-corrected chi connectivity index (χ0v) is 10.7. The topological polar surface area (TPSA) is 32.3 Å². The lowest BCUT2D eigenvalue weighted by Crippen LogP contribution is -1.93. The second-order valence-electron chi connectivity index (χ2n) is 4.64. The molecule has 2 nitrogen and oxygen atoms in total. The van der Waals surface area contributed by atoms with Crippen LogP contribution in [0.1, 0.15) is 5.56 Å². The van der Waals surface area contributed by atoms with Crippen molar-refractivity contribution < 1.29 is 5.11 Å². The molecule has 2 N–H and O–H groups in total. The number of aromatic hydroxyl groups is 1. The molecule has 0 amide bonds. The minimum absolute atomic E-state index is 0.311. The molecule has 0 spiro atoms. The van der Waals surface area contributed by atoms with Gasteiger partial charge in [0.2, 0.25) is 0 Å². The number of phenolic OH excluding ortho intramolecular Hbond substituents is 1. The molecular formula is C17H15NO. The average Bonchev–Trinajstić information content (AvgIpc) is 2.44. The van der Waals surface area contributed by atoms with Gasteiger partial charge in [0, 0.05) is 16.9 Å². The lowest BCUT2D eigenvalue weighted by molar-refractivity contribution is 0.471. The number of fused-ring (bicyclic) bond motifs is 1. The highest BCUT2D eigenvalue weighted by Gasteiger charge is 2.03. The maximum Gasteiger partial charge on any atom is 0.120 e. The van der Waals surface area contributed by atoms with Crippen molar-refractivity contribution in [3.63, 3.8) is 0 Å². The Morgan fingerprint density at radius 3 is 2.47 bits per heavy atom. The molecule has 0 aromatic heterocycles. The van der Waals surface area contributed by atoms with Crippen molar-refractivity contribution in [2.24, 2.45) is 0 Å². The van der Waals surface area contributed by atoms with Gasteiger partial charge in [0.1, 0.15) is 5.75 Å². The van der Waals surface area contributed by atoms with Gasteiger partial charge in [-0.1, -0.05) is 36.4 Å². The number of anilines is 2. The van der Waals surface area contributed by atoms with E-state index in [4.69, 9.17) is 0 Å². The minimum atomic E-state index is 0.311. The van der Waals surface area contributed by atoms with Crippen LogP contribution in [0.15, 0.2) is 60.7 Å². The van der Waals surface area contributed by atoms with Crippen LogP contribution in [-0.4, -0.2) is 5.11 Å². The summed E-state index contributed by atoms with van der Waals surface area (Å²) in [6.07, 6.45) is 0. The zero-order chi connectivity index (χ0) is 13.2. The van der Waals surface area contributed by atoms with Gasteiger partial charge in [-0.25, -0.2) is 0 Å². The van der Waals surface area contributed by atoms with Gasteiger partial charge in [0.15, 0.2) is 0 Å². The van der Waals surface area contributed by atoms with Gasteiger partial charge in [-0.05, 0) is 42.0 Å². The molecule has 0 radical (unpaired) electrons. The van der Waals surface area contributed by atoms with Crippen molar-refractivity contribution in [1.29, 1.82) is 0 Å². The fraction of sp³-hybridized carbons (Fsp3) is 0.0588. The molecule has 0 saturated carbocycles.